The molecule has 9 nitrogen and oxygen atoms in total. The molecule has 0 aromatic carbocycles. The number of piperidine rings is 1. The summed E-state index contributed by atoms with van der Waals surface area (Å²) in [5.41, 5.74) is 0.572. The Bertz CT molecular complexity index is 1100. The van der Waals surface area contributed by atoms with Crippen molar-refractivity contribution in [3.05, 3.63) is 44.9 Å². The lowest BCUT2D eigenvalue weighted by Crippen LogP contribution is -2.34. The minimum Gasteiger partial charge on any atom is -0.477 e. The van der Waals surface area contributed by atoms with Crippen LogP contribution in [0.3, 0.4) is 0 Å². The largest absolute Gasteiger partial charge is 0.477 e. The summed E-state index contributed by atoms with van der Waals surface area (Å²) < 4.78 is 10.8. The first-order chi connectivity index (χ1) is 14.9. The van der Waals surface area contributed by atoms with Gasteiger partial charge in [-0.3, -0.25) is 9.78 Å². The maximum absolute atomic E-state index is 12.6. The van der Waals surface area contributed by atoms with Crippen molar-refractivity contribution in [2.45, 2.75) is 58.5 Å². The fourth-order valence-electron chi connectivity index (χ4n) is 3.70. The molecule has 2 fully saturated rings. The van der Waals surface area contributed by atoms with E-state index in [1.807, 2.05) is 13.8 Å². The van der Waals surface area contributed by atoms with E-state index in [1.54, 1.807) is 0 Å². The summed E-state index contributed by atoms with van der Waals surface area (Å²) >= 11 is 0. The monoisotopic (exact) mass is 428 g/mol. The van der Waals surface area contributed by atoms with Gasteiger partial charge in [-0.2, -0.15) is 4.98 Å². The first-order valence-electron chi connectivity index (χ1n) is 10.8. The summed E-state index contributed by atoms with van der Waals surface area (Å²) in [6, 6.07) is 1.29. The maximum atomic E-state index is 12.6. The molecule has 1 aliphatic heterocycles. The average molecular weight is 428 g/mol. The Morgan fingerprint density at radius 2 is 2.10 bits per heavy atom. The predicted molar refractivity (Wildman–Crippen MR) is 116 cm³/mol. The molecular formula is C22H28N4O5. The van der Waals surface area contributed by atoms with Crippen LogP contribution in [0.1, 0.15) is 51.5 Å². The third-order valence-corrected chi connectivity index (χ3v) is 5.52. The number of fused-ring (bicyclic) bond motifs is 1. The Kier molecular flexibility index (Phi) is 6.11. The molecule has 1 N–H and O–H groups in total. The van der Waals surface area contributed by atoms with E-state index in [0.717, 1.165) is 12.1 Å². The number of aromatic amines is 1. The van der Waals surface area contributed by atoms with Crippen LogP contribution in [0.15, 0.2) is 37.7 Å². The molecule has 1 saturated heterocycles. The molecule has 0 radical (unpaired) electrons. The Balaban J connectivity index is 1.45. The standard InChI is InChI=1S/C22H28N4O5/c1-13(2)29-14(3)26-10-8-17(9-11-26)25-31-22-23-20(28)19-16(7-6-15-4-5-15)12-18(27)30-21(19)24-22/h12-13,15H,3-11H2,1-2H3,(H,23,24,28). The molecular weight excluding hydrogens is 400 g/mol. The van der Waals surface area contributed by atoms with Gasteiger partial charge >= 0.3 is 11.6 Å². The van der Waals surface area contributed by atoms with E-state index in [0.29, 0.717) is 55.1 Å². The van der Waals surface area contributed by atoms with Crippen LogP contribution < -0.4 is 16.0 Å². The molecule has 1 aliphatic carbocycles. The maximum Gasteiger partial charge on any atom is 0.337 e. The number of aromatic nitrogens is 2. The van der Waals surface area contributed by atoms with Crippen molar-refractivity contribution in [2.75, 3.05) is 13.1 Å². The second kappa shape index (κ2) is 8.95. The van der Waals surface area contributed by atoms with Crippen LogP contribution >= 0.6 is 0 Å². The lowest BCUT2D eigenvalue weighted by atomic mass is 10.1. The quantitative estimate of drug-likeness (QED) is 0.508. The van der Waals surface area contributed by atoms with Crippen molar-refractivity contribution in [3.8, 4) is 6.01 Å². The molecule has 2 aliphatic rings. The average Bonchev–Trinajstić information content (AvgIpc) is 3.54. The number of oxime groups is 1. The Labute approximate surface area is 179 Å². The Hall–Kier alpha value is -3.10. The van der Waals surface area contributed by atoms with Crippen LogP contribution in [0.25, 0.3) is 11.1 Å². The Morgan fingerprint density at radius 3 is 2.77 bits per heavy atom. The minimum atomic E-state index is -0.523. The summed E-state index contributed by atoms with van der Waals surface area (Å²) in [4.78, 5) is 38.8. The first kappa shape index (κ1) is 21.1. The van der Waals surface area contributed by atoms with E-state index in [4.69, 9.17) is 14.0 Å². The van der Waals surface area contributed by atoms with Gasteiger partial charge in [0.2, 0.25) is 5.71 Å². The summed E-state index contributed by atoms with van der Waals surface area (Å²) in [7, 11) is 0. The number of hydrogen-bond acceptors (Lipinski definition) is 8. The zero-order valence-corrected chi connectivity index (χ0v) is 18.0. The van der Waals surface area contributed by atoms with Gasteiger partial charge in [0.05, 0.1) is 11.8 Å². The fourth-order valence-corrected chi connectivity index (χ4v) is 3.70. The van der Waals surface area contributed by atoms with E-state index in [9.17, 15) is 9.59 Å². The van der Waals surface area contributed by atoms with E-state index >= 15 is 0 Å². The highest BCUT2D eigenvalue weighted by Gasteiger charge is 2.22. The Morgan fingerprint density at radius 1 is 1.35 bits per heavy atom. The van der Waals surface area contributed by atoms with Gasteiger partial charge < -0.3 is 18.9 Å². The van der Waals surface area contributed by atoms with Crippen LogP contribution in [0, 0.1) is 5.92 Å². The van der Waals surface area contributed by atoms with Gasteiger partial charge in [-0.15, -0.1) is 0 Å². The third-order valence-electron chi connectivity index (χ3n) is 5.52. The molecule has 0 bridgehead atoms. The molecule has 2 aromatic rings. The molecule has 4 rings (SSSR count). The third kappa shape index (κ3) is 5.34. The van der Waals surface area contributed by atoms with E-state index in [2.05, 4.69) is 26.6 Å². The van der Waals surface area contributed by atoms with Crippen LogP contribution in [-0.4, -0.2) is 39.8 Å². The van der Waals surface area contributed by atoms with E-state index in [-0.39, 0.29) is 17.8 Å². The molecule has 0 amide bonds. The molecule has 1 saturated carbocycles. The molecule has 2 aromatic heterocycles. The summed E-state index contributed by atoms with van der Waals surface area (Å²) in [6.07, 6.45) is 5.47. The van der Waals surface area contributed by atoms with Gasteiger partial charge in [0.15, 0.2) is 5.88 Å². The highest BCUT2D eigenvalue weighted by molar-refractivity contribution is 5.85. The van der Waals surface area contributed by atoms with Crippen molar-refractivity contribution in [1.82, 2.24) is 14.9 Å². The SMILES string of the molecule is C=C(OC(C)C)N1CCC(=NOc2nc3oc(=O)cc(CCC4CC4)c3c(=O)[nH]2)CC1. The molecule has 0 atom stereocenters. The highest BCUT2D eigenvalue weighted by atomic mass is 16.6. The number of likely N-dealkylation sites (tertiary alicyclic amines) is 1. The normalized spacial score (nSPS) is 16.6. The number of ether oxygens (including phenoxy) is 1. The smallest absolute Gasteiger partial charge is 0.337 e. The van der Waals surface area contributed by atoms with Crippen molar-refractivity contribution >= 4 is 16.8 Å². The molecule has 166 valence electrons. The summed E-state index contributed by atoms with van der Waals surface area (Å²) in [6.45, 7) is 9.32. The number of nitrogens with one attached hydrogen (secondary N) is 1. The van der Waals surface area contributed by atoms with Gasteiger partial charge in [-0.05, 0) is 44.7 Å². The zero-order chi connectivity index (χ0) is 22.0. The first-order valence-corrected chi connectivity index (χ1v) is 10.8. The number of nitrogens with zero attached hydrogens (tertiary/aromatic N) is 3. The molecule has 3 heterocycles. The number of hydrogen-bond donors (Lipinski definition) is 1. The van der Waals surface area contributed by atoms with Gasteiger partial charge in [0.25, 0.3) is 5.56 Å². The van der Waals surface area contributed by atoms with E-state index in [1.165, 1.54) is 18.9 Å². The van der Waals surface area contributed by atoms with Crippen LogP contribution in [0.2, 0.25) is 0 Å². The van der Waals surface area contributed by atoms with Gasteiger partial charge in [0.1, 0.15) is 5.39 Å². The molecule has 9 heteroatoms. The fraction of sp³-hybridized carbons (Fsp3) is 0.545. The molecule has 0 spiro atoms. The topological polar surface area (TPSA) is 110 Å². The van der Waals surface area contributed by atoms with Gasteiger partial charge in [-0.1, -0.05) is 18.0 Å². The highest BCUT2D eigenvalue weighted by Crippen LogP contribution is 2.33. The van der Waals surface area contributed by atoms with Crippen LogP contribution in [0.4, 0.5) is 0 Å². The minimum absolute atomic E-state index is 0.0193. The lowest BCUT2D eigenvalue weighted by molar-refractivity contribution is 0.0712. The zero-order valence-electron chi connectivity index (χ0n) is 18.0. The molecule has 0 unspecified atom stereocenters. The lowest BCUT2D eigenvalue weighted by Gasteiger charge is -2.31. The van der Waals surface area contributed by atoms with Crippen molar-refractivity contribution < 1.29 is 14.0 Å². The second-order valence-corrected chi connectivity index (χ2v) is 8.42. The van der Waals surface area contributed by atoms with Crippen LogP contribution in [-0.2, 0) is 11.2 Å². The van der Waals surface area contributed by atoms with Crippen molar-refractivity contribution in [1.29, 1.82) is 0 Å². The second-order valence-electron chi connectivity index (χ2n) is 8.42. The molecule has 31 heavy (non-hydrogen) atoms. The van der Waals surface area contributed by atoms with Crippen molar-refractivity contribution in [2.24, 2.45) is 11.1 Å². The number of H-pyrrole nitrogens is 1. The summed E-state index contributed by atoms with van der Waals surface area (Å²) in [5, 5.41) is 4.44. The van der Waals surface area contributed by atoms with Gasteiger partial charge in [0, 0.05) is 32.0 Å². The van der Waals surface area contributed by atoms with Crippen molar-refractivity contribution in [3.63, 3.8) is 0 Å². The number of aryl methyl sites for hydroxylation is 1. The van der Waals surface area contributed by atoms with Gasteiger partial charge in [-0.25, -0.2) is 4.79 Å². The van der Waals surface area contributed by atoms with E-state index < -0.39 is 11.2 Å². The van der Waals surface area contributed by atoms with Crippen LogP contribution in [0.5, 0.6) is 6.01 Å². The summed E-state index contributed by atoms with van der Waals surface area (Å²) in [5.74, 6) is 1.34. The number of rotatable bonds is 8. The predicted octanol–water partition coefficient (Wildman–Crippen LogP) is 2.95.